The summed E-state index contributed by atoms with van der Waals surface area (Å²) in [4.78, 5) is 23.2. The Morgan fingerprint density at radius 3 is 2.48 bits per heavy atom. The molecule has 0 aromatic heterocycles. The van der Waals surface area contributed by atoms with E-state index in [1.54, 1.807) is 56.3 Å². The predicted octanol–water partition coefficient (Wildman–Crippen LogP) is 2.52. The van der Waals surface area contributed by atoms with Gasteiger partial charge in [0.1, 0.15) is 5.75 Å². The molecule has 2 rings (SSSR count). The highest BCUT2D eigenvalue weighted by Gasteiger charge is 2.29. The number of rotatable bonds is 9. The van der Waals surface area contributed by atoms with E-state index in [0.29, 0.717) is 27.8 Å². The van der Waals surface area contributed by atoms with Gasteiger partial charge in [-0.15, -0.1) is 0 Å². The van der Waals surface area contributed by atoms with E-state index in [1.807, 2.05) is 0 Å². The maximum Gasteiger partial charge on any atom is 0.283 e. The summed E-state index contributed by atoms with van der Waals surface area (Å²) in [6, 6.07) is 11.6. The number of hydrogen-bond donors (Lipinski definition) is 2. The molecule has 154 valence electrons. The molecule has 0 heterocycles. The Hall–Kier alpha value is -3.26. The quantitative estimate of drug-likeness (QED) is 0.479. The number of hydrazone groups is 1. The summed E-state index contributed by atoms with van der Waals surface area (Å²) in [5.41, 5.74) is 6.99. The van der Waals surface area contributed by atoms with Crippen LogP contribution in [-0.4, -0.2) is 37.3 Å². The zero-order valence-corrected chi connectivity index (χ0v) is 17.0. The number of carbonyl (C=O) groups is 2. The molecule has 0 saturated heterocycles. The fraction of sp³-hybridized carbons (Fsp3) is 0.250. The van der Waals surface area contributed by atoms with Crippen molar-refractivity contribution in [2.45, 2.75) is 19.4 Å². The average Bonchev–Trinajstić information content (AvgIpc) is 2.68. The minimum Gasteiger partial charge on any atom is -0.493 e. The van der Waals surface area contributed by atoms with E-state index in [4.69, 9.17) is 31.5 Å². The first-order valence-corrected chi connectivity index (χ1v) is 8.96. The Morgan fingerprint density at radius 2 is 1.86 bits per heavy atom. The van der Waals surface area contributed by atoms with Crippen molar-refractivity contribution in [1.29, 1.82) is 0 Å². The van der Waals surface area contributed by atoms with Gasteiger partial charge in [0.05, 0.1) is 13.3 Å². The number of hydrogen-bond acceptors (Lipinski definition) is 6. The summed E-state index contributed by atoms with van der Waals surface area (Å²) in [5, 5.41) is 4.52. The molecule has 2 aromatic carbocycles. The van der Waals surface area contributed by atoms with Crippen LogP contribution in [0.4, 0.5) is 0 Å². The number of ether oxygens (including phenoxy) is 3. The molecular weight excluding hydrogens is 398 g/mol. The average molecular weight is 420 g/mol. The van der Waals surface area contributed by atoms with Crippen LogP contribution in [0.25, 0.3) is 0 Å². The molecule has 29 heavy (non-hydrogen) atoms. The largest absolute Gasteiger partial charge is 0.493 e. The lowest BCUT2D eigenvalue weighted by Gasteiger charge is -2.24. The molecule has 0 fully saturated rings. The van der Waals surface area contributed by atoms with Gasteiger partial charge in [-0.3, -0.25) is 9.59 Å². The summed E-state index contributed by atoms with van der Waals surface area (Å²) in [6.45, 7) is 2.99. The smallest absolute Gasteiger partial charge is 0.283 e. The van der Waals surface area contributed by atoms with E-state index in [1.165, 1.54) is 13.3 Å². The Bertz CT molecular complexity index is 897. The molecule has 0 saturated carbocycles. The third-order valence-electron chi connectivity index (χ3n) is 3.67. The predicted molar refractivity (Wildman–Crippen MR) is 110 cm³/mol. The molecule has 3 N–H and O–H groups in total. The number of methoxy groups -OCH3 is 1. The molecule has 9 heteroatoms. The Kier molecular flexibility index (Phi) is 7.44. The fourth-order valence-corrected chi connectivity index (χ4v) is 2.30. The highest BCUT2D eigenvalue weighted by Crippen LogP contribution is 2.27. The van der Waals surface area contributed by atoms with Crippen molar-refractivity contribution in [2.24, 2.45) is 10.8 Å². The first-order chi connectivity index (χ1) is 13.7. The number of amides is 2. The molecule has 2 aromatic rings. The van der Waals surface area contributed by atoms with E-state index in [-0.39, 0.29) is 6.61 Å². The number of primary amides is 1. The second kappa shape index (κ2) is 9.79. The minimum atomic E-state index is -1.16. The van der Waals surface area contributed by atoms with Gasteiger partial charge in [0.15, 0.2) is 23.7 Å². The molecular formula is C20H22ClN3O5. The van der Waals surface area contributed by atoms with Crippen LogP contribution in [0.2, 0.25) is 5.02 Å². The van der Waals surface area contributed by atoms with E-state index < -0.39 is 17.4 Å². The lowest BCUT2D eigenvalue weighted by Crippen LogP contribution is -2.44. The number of nitrogens with two attached hydrogens (primary N) is 1. The van der Waals surface area contributed by atoms with E-state index in [0.717, 1.165) is 0 Å². The SMILES string of the molecule is COc1cc(/C=N/NC(=O)C(C)(C)Oc2ccc(Cl)cc2)ccc1OCC(N)=O. The summed E-state index contributed by atoms with van der Waals surface area (Å²) >= 11 is 5.84. The summed E-state index contributed by atoms with van der Waals surface area (Å²) in [7, 11) is 1.46. The van der Waals surface area contributed by atoms with Crippen molar-refractivity contribution in [3.63, 3.8) is 0 Å². The lowest BCUT2D eigenvalue weighted by atomic mass is 10.1. The molecule has 0 bridgehead atoms. The van der Waals surface area contributed by atoms with Gasteiger partial charge in [-0.1, -0.05) is 11.6 Å². The topological polar surface area (TPSA) is 112 Å². The fourth-order valence-electron chi connectivity index (χ4n) is 2.18. The maximum absolute atomic E-state index is 12.4. The van der Waals surface area contributed by atoms with Crippen LogP contribution in [0.5, 0.6) is 17.2 Å². The van der Waals surface area contributed by atoms with Crippen molar-refractivity contribution in [3.05, 3.63) is 53.1 Å². The Labute approximate surface area is 173 Å². The van der Waals surface area contributed by atoms with Crippen molar-refractivity contribution in [1.82, 2.24) is 5.43 Å². The van der Waals surface area contributed by atoms with Gasteiger partial charge in [-0.05, 0) is 61.9 Å². The number of benzene rings is 2. The first-order valence-electron chi connectivity index (χ1n) is 8.58. The summed E-state index contributed by atoms with van der Waals surface area (Å²) < 4.78 is 16.2. The van der Waals surface area contributed by atoms with E-state index in [9.17, 15) is 9.59 Å². The number of carbonyl (C=O) groups excluding carboxylic acids is 2. The zero-order valence-electron chi connectivity index (χ0n) is 16.3. The molecule has 0 spiro atoms. The van der Waals surface area contributed by atoms with E-state index >= 15 is 0 Å². The molecule has 0 atom stereocenters. The molecule has 0 aliphatic rings. The highest BCUT2D eigenvalue weighted by molar-refractivity contribution is 6.30. The molecule has 0 aliphatic carbocycles. The highest BCUT2D eigenvalue weighted by atomic mass is 35.5. The van der Waals surface area contributed by atoms with Crippen molar-refractivity contribution in [3.8, 4) is 17.2 Å². The van der Waals surface area contributed by atoms with Crippen LogP contribution >= 0.6 is 11.6 Å². The number of nitrogens with zero attached hydrogens (tertiary/aromatic N) is 1. The number of halogens is 1. The van der Waals surface area contributed by atoms with Gasteiger partial charge in [-0.2, -0.15) is 5.10 Å². The summed E-state index contributed by atoms with van der Waals surface area (Å²) in [5.74, 6) is 0.244. The normalized spacial score (nSPS) is 11.2. The molecule has 0 radical (unpaired) electrons. The molecule has 8 nitrogen and oxygen atoms in total. The van der Waals surface area contributed by atoms with Crippen molar-refractivity contribution >= 4 is 29.6 Å². The van der Waals surface area contributed by atoms with Crippen LogP contribution in [-0.2, 0) is 9.59 Å². The minimum absolute atomic E-state index is 0.261. The third-order valence-corrected chi connectivity index (χ3v) is 3.92. The maximum atomic E-state index is 12.4. The second-order valence-corrected chi connectivity index (χ2v) is 6.87. The van der Waals surface area contributed by atoms with Crippen LogP contribution in [0, 0.1) is 0 Å². The standard InChI is InChI=1S/C20H22ClN3O5/c1-20(2,29-15-7-5-14(21)6-8-15)19(26)24-23-11-13-4-9-16(17(10-13)27-3)28-12-18(22)25/h4-11H,12H2,1-3H3,(H2,22,25)(H,24,26)/b23-11+. The lowest BCUT2D eigenvalue weighted by molar-refractivity contribution is -0.134. The van der Waals surface area contributed by atoms with E-state index in [2.05, 4.69) is 10.5 Å². The summed E-state index contributed by atoms with van der Waals surface area (Å²) in [6.07, 6.45) is 1.44. The molecule has 2 amide bonds. The zero-order chi connectivity index (χ0) is 21.4. The van der Waals surface area contributed by atoms with Gasteiger partial charge < -0.3 is 19.9 Å². The molecule has 0 unspecified atom stereocenters. The number of nitrogens with one attached hydrogen (secondary N) is 1. The van der Waals surface area contributed by atoms with Gasteiger partial charge in [-0.25, -0.2) is 5.43 Å². The van der Waals surface area contributed by atoms with Crippen molar-refractivity contribution < 1.29 is 23.8 Å². The van der Waals surface area contributed by atoms with Crippen LogP contribution in [0.1, 0.15) is 19.4 Å². The molecule has 0 aliphatic heterocycles. The third kappa shape index (κ3) is 6.69. The van der Waals surface area contributed by atoms with Gasteiger partial charge in [0, 0.05) is 5.02 Å². The first kappa shape index (κ1) is 22.0. The Morgan fingerprint density at radius 1 is 1.17 bits per heavy atom. The monoisotopic (exact) mass is 419 g/mol. The van der Waals surface area contributed by atoms with Crippen LogP contribution in [0.15, 0.2) is 47.6 Å². The van der Waals surface area contributed by atoms with Gasteiger partial charge >= 0.3 is 0 Å². The van der Waals surface area contributed by atoms with Gasteiger partial charge in [0.2, 0.25) is 0 Å². The van der Waals surface area contributed by atoms with Gasteiger partial charge in [0.25, 0.3) is 11.8 Å². The Balaban J connectivity index is 1.99. The second-order valence-electron chi connectivity index (χ2n) is 6.43. The van der Waals surface area contributed by atoms with Crippen LogP contribution in [0.3, 0.4) is 0 Å². The van der Waals surface area contributed by atoms with Crippen LogP contribution < -0.4 is 25.4 Å². The van der Waals surface area contributed by atoms with Crippen molar-refractivity contribution in [2.75, 3.05) is 13.7 Å².